The lowest BCUT2D eigenvalue weighted by Gasteiger charge is -2.15. The maximum absolute atomic E-state index is 12.7. The van der Waals surface area contributed by atoms with Gasteiger partial charge in [-0.3, -0.25) is 9.19 Å². The molecule has 1 aromatic rings. The van der Waals surface area contributed by atoms with Gasteiger partial charge in [0.2, 0.25) is 0 Å². The third-order valence-electron chi connectivity index (χ3n) is 2.07. The summed E-state index contributed by atoms with van der Waals surface area (Å²) < 4.78 is 49.5. The van der Waals surface area contributed by atoms with Crippen LogP contribution < -0.4 is 0 Å². The lowest BCUT2D eigenvalue weighted by atomic mass is 10.1. The molecule has 16 heavy (non-hydrogen) atoms. The minimum atomic E-state index is -4.49. The van der Waals surface area contributed by atoms with Crippen LogP contribution in [0.15, 0.2) is 16.7 Å². The van der Waals surface area contributed by atoms with Crippen molar-refractivity contribution in [1.29, 1.82) is 0 Å². The normalized spacial score (nSPS) is 15.9. The Balaban J connectivity index is 3.34. The fourth-order valence-corrected chi connectivity index (χ4v) is 1.99. The third-order valence-corrected chi connectivity index (χ3v) is 3.73. The van der Waals surface area contributed by atoms with Gasteiger partial charge < -0.3 is 0 Å². The van der Waals surface area contributed by atoms with Crippen molar-refractivity contribution in [3.63, 3.8) is 0 Å². The standard InChI is InChI=1S/C9H9BrF3NOS/c1-5(16(2)15)8-7(9(11,12)13)3-6(10)4-14-8/h3-5H,1-2H3. The summed E-state index contributed by atoms with van der Waals surface area (Å²) in [7, 11) is -1.39. The van der Waals surface area contributed by atoms with Crippen molar-refractivity contribution in [3.8, 4) is 0 Å². The van der Waals surface area contributed by atoms with Gasteiger partial charge in [-0.1, -0.05) is 0 Å². The maximum Gasteiger partial charge on any atom is 0.418 e. The summed E-state index contributed by atoms with van der Waals surface area (Å²) in [5.74, 6) is 0. The molecule has 0 N–H and O–H groups in total. The predicted octanol–water partition coefficient (Wildman–Crippen LogP) is 3.30. The molecule has 2 nitrogen and oxygen atoms in total. The highest BCUT2D eigenvalue weighted by molar-refractivity contribution is 9.10. The van der Waals surface area contributed by atoms with E-state index in [1.807, 2.05) is 0 Å². The molecule has 2 unspecified atom stereocenters. The molecule has 0 aliphatic rings. The Morgan fingerprint density at radius 3 is 2.50 bits per heavy atom. The van der Waals surface area contributed by atoms with Crippen LogP contribution >= 0.6 is 15.9 Å². The van der Waals surface area contributed by atoms with Gasteiger partial charge in [0.25, 0.3) is 0 Å². The SMILES string of the molecule is CC(c1ncc(Br)cc1C(F)(F)F)S(C)=O. The van der Waals surface area contributed by atoms with Crippen LogP contribution in [-0.2, 0) is 17.0 Å². The first-order valence-electron chi connectivity index (χ1n) is 4.28. The Morgan fingerprint density at radius 2 is 2.06 bits per heavy atom. The van der Waals surface area contributed by atoms with E-state index in [0.29, 0.717) is 0 Å². The summed E-state index contributed by atoms with van der Waals surface area (Å²) in [5, 5.41) is -0.746. The van der Waals surface area contributed by atoms with Crippen LogP contribution in [0.2, 0.25) is 0 Å². The third kappa shape index (κ3) is 3.04. The van der Waals surface area contributed by atoms with Crippen molar-refractivity contribution in [2.45, 2.75) is 18.3 Å². The van der Waals surface area contributed by atoms with E-state index in [1.54, 1.807) is 0 Å². The second-order valence-electron chi connectivity index (χ2n) is 3.22. The van der Waals surface area contributed by atoms with E-state index >= 15 is 0 Å². The molecular formula is C9H9BrF3NOS. The molecule has 1 aromatic heterocycles. The lowest BCUT2D eigenvalue weighted by Crippen LogP contribution is -2.14. The minimum Gasteiger partial charge on any atom is -0.259 e. The van der Waals surface area contributed by atoms with Gasteiger partial charge in [-0.15, -0.1) is 0 Å². The van der Waals surface area contributed by atoms with Crippen molar-refractivity contribution in [1.82, 2.24) is 4.98 Å². The Labute approximate surface area is 102 Å². The zero-order valence-electron chi connectivity index (χ0n) is 8.51. The second kappa shape index (κ2) is 4.83. The zero-order valence-corrected chi connectivity index (χ0v) is 10.9. The number of pyridine rings is 1. The van der Waals surface area contributed by atoms with Gasteiger partial charge in [0.1, 0.15) is 0 Å². The van der Waals surface area contributed by atoms with Crippen LogP contribution in [0.4, 0.5) is 13.2 Å². The van der Waals surface area contributed by atoms with Gasteiger partial charge in [-0.25, -0.2) is 0 Å². The van der Waals surface area contributed by atoms with Crippen molar-refractivity contribution >= 4 is 26.7 Å². The van der Waals surface area contributed by atoms with Gasteiger partial charge in [-0.2, -0.15) is 13.2 Å². The molecule has 0 fully saturated rings. The molecule has 0 spiro atoms. The van der Waals surface area contributed by atoms with Crippen LogP contribution in [0, 0.1) is 0 Å². The summed E-state index contributed by atoms with van der Waals surface area (Å²) in [6, 6.07) is 0.950. The van der Waals surface area contributed by atoms with E-state index in [2.05, 4.69) is 20.9 Å². The average Bonchev–Trinajstić information content (AvgIpc) is 2.15. The lowest BCUT2D eigenvalue weighted by molar-refractivity contribution is -0.138. The highest BCUT2D eigenvalue weighted by Crippen LogP contribution is 2.36. The van der Waals surface area contributed by atoms with Crippen LogP contribution in [0.3, 0.4) is 0 Å². The molecule has 0 saturated heterocycles. The Kier molecular flexibility index (Phi) is 4.12. The molecule has 0 amide bonds. The minimum absolute atomic E-state index is 0.184. The molecule has 1 rings (SSSR count). The molecule has 0 saturated carbocycles. The van der Waals surface area contributed by atoms with Gasteiger partial charge in [0, 0.05) is 27.7 Å². The van der Waals surface area contributed by atoms with Crippen molar-refractivity contribution < 1.29 is 17.4 Å². The smallest absolute Gasteiger partial charge is 0.259 e. The Bertz CT molecular complexity index is 422. The highest BCUT2D eigenvalue weighted by atomic mass is 79.9. The topological polar surface area (TPSA) is 30.0 Å². The Hall–Kier alpha value is -0.430. The number of rotatable bonds is 2. The van der Waals surface area contributed by atoms with Gasteiger partial charge in [0.05, 0.1) is 16.5 Å². The first-order valence-corrected chi connectivity index (χ1v) is 6.69. The van der Waals surface area contributed by atoms with Crippen LogP contribution in [0.5, 0.6) is 0 Å². The van der Waals surface area contributed by atoms with E-state index in [1.165, 1.54) is 19.4 Å². The number of nitrogens with zero attached hydrogens (tertiary/aromatic N) is 1. The molecule has 0 aliphatic heterocycles. The summed E-state index contributed by atoms with van der Waals surface area (Å²) >= 11 is 2.94. The van der Waals surface area contributed by atoms with Crippen molar-refractivity contribution in [2.24, 2.45) is 0 Å². The van der Waals surface area contributed by atoms with Crippen LogP contribution in [-0.4, -0.2) is 15.4 Å². The van der Waals surface area contributed by atoms with E-state index < -0.39 is 27.8 Å². The molecule has 0 aliphatic carbocycles. The van der Waals surface area contributed by atoms with Crippen molar-refractivity contribution in [3.05, 3.63) is 28.0 Å². The summed E-state index contributed by atoms with van der Waals surface area (Å²) in [6.07, 6.45) is -1.86. The average molecular weight is 316 g/mol. The van der Waals surface area contributed by atoms with E-state index in [9.17, 15) is 17.4 Å². The number of aromatic nitrogens is 1. The van der Waals surface area contributed by atoms with Crippen LogP contribution in [0.1, 0.15) is 23.4 Å². The highest BCUT2D eigenvalue weighted by Gasteiger charge is 2.36. The van der Waals surface area contributed by atoms with Gasteiger partial charge >= 0.3 is 6.18 Å². The first-order chi connectivity index (χ1) is 7.23. The van der Waals surface area contributed by atoms with E-state index in [4.69, 9.17) is 0 Å². The van der Waals surface area contributed by atoms with E-state index in [-0.39, 0.29) is 10.2 Å². The molecule has 90 valence electrons. The number of alkyl halides is 3. The molecule has 0 bridgehead atoms. The molecule has 0 aromatic carbocycles. The molecule has 7 heteroatoms. The summed E-state index contributed by atoms with van der Waals surface area (Å²) in [5.41, 5.74) is -1.03. The summed E-state index contributed by atoms with van der Waals surface area (Å²) in [6.45, 7) is 1.46. The summed E-state index contributed by atoms with van der Waals surface area (Å²) in [4.78, 5) is 3.71. The fraction of sp³-hybridized carbons (Fsp3) is 0.444. The van der Waals surface area contributed by atoms with Gasteiger partial charge in [-0.05, 0) is 28.9 Å². The van der Waals surface area contributed by atoms with E-state index in [0.717, 1.165) is 6.07 Å². The molecule has 0 radical (unpaired) electrons. The second-order valence-corrected chi connectivity index (χ2v) is 5.84. The number of hydrogen-bond donors (Lipinski definition) is 0. The van der Waals surface area contributed by atoms with Gasteiger partial charge in [0.15, 0.2) is 0 Å². The fourth-order valence-electron chi connectivity index (χ4n) is 1.16. The first kappa shape index (κ1) is 13.6. The monoisotopic (exact) mass is 315 g/mol. The quantitative estimate of drug-likeness (QED) is 0.838. The molecular weight excluding hydrogens is 307 g/mol. The number of halogens is 4. The zero-order chi connectivity index (χ0) is 12.5. The Morgan fingerprint density at radius 1 is 1.50 bits per heavy atom. The largest absolute Gasteiger partial charge is 0.418 e. The maximum atomic E-state index is 12.7. The molecule has 2 atom stereocenters. The number of hydrogen-bond acceptors (Lipinski definition) is 2. The predicted molar refractivity (Wildman–Crippen MR) is 59.4 cm³/mol. The van der Waals surface area contributed by atoms with Crippen molar-refractivity contribution in [2.75, 3.05) is 6.26 Å². The molecule has 1 heterocycles. The van der Waals surface area contributed by atoms with Crippen LogP contribution in [0.25, 0.3) is 0 Å².